The molecule has 0 aliphatic heterocycles. The number of anilines is 1. The summed E-state index contributed by atoms with van der Waals surface area (Å²) < 4.78 is 4.90. The van der Waals surface area contributed by atoms with Gasteiger partial charge in [-0.05, 0) is 25.7 Å². The predicted octanol–water partition coefficient (Wildman–Crippen LogP) is 2.92. The molecule has 2 unspecified atom stereocenters. The van der Waals surface area contributed by atoms with Gasteiger partial charge in [-0.1, -0.05) is 13.3 Å². The van der Waals surface area contributed by atoms with Crippen LogP contribution in [0.15, 0.2) is 5.38 Å². The SMILES string of the molecule is CCCC1CC1Nc1nc(C(=O)OCC)cs1. The first-order valence-corrected chi connectivity index (χ1v) is 7.01. The van der Waals surface area contributed by atoms with Crippen LogP contribution in [0, 0.1) is 5.92 Å². The van der Waals surface area contributed by atoms with Crippen LogP contribution in [0.2, 0.25) is 0 Å². The van der Waals surface area contributed by atoms with Crippen LogP contribution in [0.25, 0.3) is 0 Å². The Labute approximate surface area is 105 Å². The van der Waals surface area contributed by atoms with Crippen molar-refractivity contribution in [2.75, 3.05) is 11.9 Å². The average Bonchev–Trinajstić information content (AvgIpc) is 2.86. The molecule has 0 spiro atoms. The number of nitrogens with one attached hydrogen (secondary N) is 1. The highest BCUT2D eigenvalue weighted by atomic mass is 32.1. The maximum atomic E-state index is 11.4. The zero-order chi connectivity index (χ0) is 12.3. The number of ether oxygens (including phenoxy) is 1. The molecule has 1 saturated carbocycles. The van der Waals surface area contributed by atoms with Gasteiger partial charge < -0.3 is 10.1 Å². The molecular formula is C12H18N2O2S. The van der Waals surface area contributed by atoms with Crippen molar-refractivity contribution in [3.05, 3.63) is 11.1 Å². The Bertz CT molecular complexity index is 392. The van der Waals surface area contributed by atoms with E-state index in [9.17, 15) is 4.79 Å². The number of aromatic nitrogens is 1. The minimum Gasteiger partial charge on any atom is -0.461 e. The van der Waals surface area contributed by atoms with E-state index in [4.69, 9.17) is 4.74 Å². The van der Waals surface area contributed by atoms with Gasteiger partial charge in [0.2, 0.25) is 0 Å². The lowest BCUT2D eigenvalue weighted by atomic mass is 10.2. The maximum Gasteiger partial charge on any atom is 0.357 e. The molecule has 5 heteroatoms. The normalized spacial score (nSPS) is 22.2. The van der Waals surface area contributed by atoms with Crippen LogP contribution in [0.4, 0.5) is 5.13 Å². The third-order valence-electron chi connectivity index (χ3n) is 2.88. The largest absolute Gasteiger partial charge is 0.461 e. The van der Waals surface area contributed by atoms with Gasteiger partial charge in [0.05, 0.1) is 6.61 Å². The van der Waals surface area contributed by atoms with E-state index < -0.39 is 0 Å². The monoisotopic (exact) mass is 254 g/mol. The molecule has 0 radical (unpaired) electrons. The van der Waals surface area contributed by atoms with Crippen LogP contribution in [0.1, 0.15) is 43.6 Å². The molecule has 2 rings (SSSR count). The minimum absolute atomic E-state index is 0.335. The fourth-order valence-corrected chi connectivity index (χ4v) is 2.65. The molecule has 1 aliphatic rings. The Hall–Kier alpha value is -1.10. The van der Waals surface area contributed by atoms with E-state index in [1.54, 1.807) is 12.3 Å². The standard InChI is InChI=1S/C12H18N2O2S/c1-3-5-8-6-9(8)13-12-14-10(7-17-12)11(15)16-4-2/h7-9H,3-6H2,1-2H3,(H,13,14). The molecule has 1 aromatic heterocycles. The Morgan fingerprint density at radius 1 is 1.65 bits per heavy atom. The number of rotatable bonds is 6. The van der Waals surface area contributed by atoms with E-state index in [2.05, 4.69) is 17.2 Å². The van der Waals surface area contributed by atoms with Gasteiger partial charge in [-0.25, -0.2) is 9.78 Å². The van der Waals surface area contributed by atoms with Crippen LogP contribution in [-0.4, -0.2) is 23.6 Å². The van der Waals surface area contributed by atoms with E-state index in [0.717, 1.165) is 11.0 Å². The topological polar surface area (TPSA) is 51.2 Å². The van der Waals surface area contributed by atoms with E-state index in [1.807, 2.05) is 0 Å². The van der Waals surface area contributed by atoms with Crippen LogP contribution >= 0.6 is 11.3 Å². The number of nitrogens with zero attached hydrogens (tertiary/aromatic N) is 1. The molecule has 1 aliphatic carbocycles. The van der Waals surface area contributed by atoms with Gasteiger partial charge in [0.1, 0.15) is 0 Å². The highest BCUT2D eigenvalue weighted by Crippen LogP contribution is 2.37. The maximum absolute atomic E-state index is 11.4. The fourth-order valence-electron chi connectivity index (χ4n) is 1.91. The summed E-state index contributed by atoms with van der Waals surface area (Å²) in [6, 6.07) is 0.552. The number of esters is 1. The van der Waals surface area contributed by atoms with Gasteiger partial charge in [-0.15, -0.1) is 11.3 Å². The second-order valence-corrected chi connectivity index (χ2v) is 5.15. The third-order valence-corrected chi connectivity index (χ3v) is 3.65. The summed E-state index contributed by atoms with van der Waals surface area (Å²) in [7, 11) is 0. The first-order chi connectivity index (χ1) is 8.24. The molecule has 1 heterocycles. The van der Waals surface area contributed by atoms with Crippen molar-refractivity contribution in [3.8, 4) is 0 Å². The number of thiazole rings is 1. The van der Waals surface area contributed by atoms with Crippen molar-refractivity contribution >= 4 is 22.4 Å². The molecule has 1 fully saturated rings. The summed E-state index contributed by atoms with van der Waals surface area (Å²) in [4.78, 5) is 15.7. The van der Waals surface area contributed by atoms with Crippen molar-refractivity contribution in [1.29, 1.82) is 0 Å². The summed E-state index contributed by atoms with van der Waals surface area (Å²) >= 11 is 1.47. The van der Waals surface area contributed by atoms with Gasteiger partial charge >= 0.3 is 5.97 Å². The Morgan fingerprint density at radius 2 is 2.47 bits per heavy atom. The van der Waals surface area contributed by atoms with Crippen molar-refractivity contribution in [3.63, 3.8) is 0 Å². The number of carbonyl (C=O) groups is 1. The summed E-state index contributed by atoms with van der Waals surface area (Å²) in [6.45, 7) is 4.39. The number of carbonyl (C=O) groups excluding carboxylic acids is 1. The first kappa shape index (κ1) is 12.4. The molecule has 0 saturated heterocycles. The van der Waals surface area contributed by atoms with E-state index >= 15 is 0 Å². The summed E-state index contributed by atoms with van der Waals surface area (Å²) in [5, 5.41) is 5.95. The lowest BCUT2D eigenvalue weighted by molar-refractivity contribution is 0.0520. The molecule has 0 aromatic carbocycles. The van der Waals surface area contributed by atoms with Crippen molar-refractivity contribution in [2.24, 2.45) is 5.92 Å². The second kappa shape index (κ2) is 5.49. The summed E-state index contributed by atoms with van der Waals surface area (Å²) in [5.41, 5.74) is 0.409. The fraction of sp³-hybridized carbons (Fsp3) is 0.667. The van der Waals surface area contributed by atoms with Crippen LogP contribution in [0.3, 0.4) is 0 Å². The van der Waals surface area contributed by atoms with Gasteiger partial charge in [0.15, 0.2) is 10.8 Å². The molecule has 1 aromatic rings. The lowest BCUT2D eigenvalue weighted by Crippen LogP contribution is -2.07. The Morgan fingerprint density at radius 3 is 3.18 bits per heavy atom. The Balaban J connectivity index is 1.85. The molecule has 2 atom stereocenters. The number of hydrogen-bond donors (Lipinski definition) is 1. The minimum atomic E-state index is -0.335. The van der Waals surface area contributed by atoms with Crippen LogP contribution in [-0.2, 0) is 4.74 Å². The lowest BCUT2D eigenvalue weighted by Gasteiger charge is -2.00. The second-order valence-electron chi connectivity index (χ2n) is 4.29. The highest BCUT2D eigenvalue weighted by molar-refractivity contribution is 7.13. The molecule has 4 nitrogen and oxygen atoms in total. The molecule has 94 valence electrons. The van der Waals surface area contributed by atoms with Gasteiger partial charge in [0, 0.05) is 11.4 Å². The van der Waals surface area contributed by atoms with Crippen molar-refractivity contribution < 1.29 is 9.53 Å². The zero-order valence-corrected chi connectivity index (χ0v) is 11.0. The quantitative estimate of drug-likeness (QED) is 0.793. The average molecular weight is 254 g/mol. The summed E-state index contributed by atoms with van der Waals surface area (Å²) in [6.07, 6.45) is 3.73. The van der Waals surface area contributed by atoms with E-state index in [-0.39, 0.29) is 5.97 Å². The van der Waals surface area contributed by atoms with Gasteiger partial charge in [-0.2, -0.15) is 0 Å². The molecule has 17 heavy (non-hydrogen) atoms. The molecule has 1 N–H and O–H groups in total. The van der Waals surface area contributed by atoms with E-state index in [1.165, 1.54) is 30.6 Å². The third kappa shape index (κ3) is 3.19. The summed E-state index contributed by atoms with van der Waals surface area (Å²) in [5.74, 6) is 0.452. The van der Waals surface area contributed by atoms with E-state index in [0.29, 0.717) is 18.3 Å². The van der Waals surface area contributed by atoms with Crippen LogP contribution in [0.5, 0.6) is 0 Å². The van der Waals surface area contributed by atoms with Gasteiger partial charge in [-0.3, -0.25) is 0 Å². The van der Waals surface area contributed by atoms with Crippen molar-refractivity contribution in [2.45, 2.75) is 39.2 Å². The van der Waals surface area contributed by atoms with Gasteiger partial charge in [0.25, 0.3) is 0 Å². The molecule has 0 bridgehead atoms. The predicted molar refractivity (Wildman–Crippen MR) is 68.5 cm³/mol. The smallest absolute Gasteiger partial charge is 0.357 e. The molecule has 0 amide bonds. The molecular weight excluding hydrogens is 236 g/mol. The van der Waals surface area contributed by atoms with Crippen LogP contribution < -0.4 is 5.32 Å². The number of hydrogen-bond acceptors (Lipinski definition) is 5. The Kier molecular flexibility index (Phi) is 3.99. The highest BCUT2D eigenvalue weighted by Gasteiger charge is 2.36. The van der Waals surface area contributed by atoms with Crippen molar-refractivity contribution in [1.82, 2.24) is 4.98 Å². The first-order valence-electron chi connectivity index (χ1n) is 6.13. The zero-order valence-electron chi connectivity index (χ0n) is 10.2.